The van der Waals surface area contributed by atoms with Crippen LogP contribution in [0.2, 0.25) is 0 Å². The van der Waals surface area contributed by atoms with E-state index in [-0.39, 0.29) is 24.1 Å². The maximum atomic E-state index is 11.7. The smallest absolute Gasteiger partial charge is 0.334 e. The van der Waals surface area contributed by atoms with Gasteiger partial charge in [0.05, 0.1) is 5.60 Å². The van der Waals surface area contributed by atoms with Crippen molar-refractivity contribution in [3.63, 3.8) is 0 Å². The molecule has 0 unspecified atom stereocenters. The Balaban J connectivity index is 1.83. The molecular weight excluding hydrogens is 244 g/mol. The molecule has 1 N–H and O–H groups in total. The second kappa shape index (κ2) is 3.13. The van der Waals surface area contributed by atoms with Gasteiger partial charge >= 0.3 is 5.97 Å². The Hall–Kier alpha value is -1.13. The van der Waals surface area contributed by atoms with Crippen molar-refractivity contribution < 1.29 is 19.4 Å². The first kappa shape index (κ1) is 11.7. The van der Waals surface area contributed by atoms with Crippen molar-refractivity contribution in [3.8, 4) is 0 Å². The summed E-state index contributed by atoms with van der Waals surface area (Å²) in [4.78, 5) is 11.7. The van der Waals surface area contributed by atoms with E-state index < -0.39 is 11.2 Å². The first-order valence-electron chi connectivity index (χ1n) is 6.86. The van der Waals surface area contributed by atoms with E-state index in [9.17, 15) is 9.90 Å². The fourth-order valence-electron chi connectivity index (χ4n) is 4.28. The molecule has 102 valence electrons. The molecule has 19 heavy (non-hydrogen) atoms. The predicted molar refractivity (Wildman–Crippen MR) is 67.3 cm³/mol. The number of carbonyl (C=O) groups excluding carboxylic acids is 1. The number of ether oxygens (including phenoxy) is 2. The number of esters is 1. The highest BCUT2D eigenvalue weighted by Gasteiger charge is 2.74. The largest absolute Gasteiger partial charge is 0.454 e. The zero-order chi connectivity index (χ0) is 13.6. The maximum absolute atomic E-state index is 11.7. The Morgan fingerprint density at radius 2 is 2.16 bits per heavy atom. The molecular formula is C15H18O4. The number of epoxide rings is 1. The van der Waals surface area contributed by atoms with Crippen LogP contribution in [0.15, 0.2) is 22.8 Å². The van der Waals surface area contributed by atoms with Crippen LogP contribution in [0.4, 0.5) is 0 Å². The van der Waals surface area contributed by atoms with Crippen LogP contribution in [0.3, 0.4) is 0 Å². The van der Waals surface area contributed by atoms with Gasteiger partial charge in [0.1, 0.15) is 17.8 Å². The average molecular weight is 262 g/mol. The predicted octanol–water partition coefficient (Wildman–Crippen LogP) is 1.49. The van der Waals surface area contributed by atoms with Crippen LogP contribution >= 0.6 is 0 Å². The second-order valence-corrected chi connectivity index (χ2v) is 6.52. The monoisotopic (exact) mass is 262 g/mol. The molecule has 2 aliphatic carbocycles. The third-order valence-corrected chi connectivity index (χ3v) is 5.44. The summed E-state index contributed by atoms with van der Waals surface area (Å²) in [5, 5.41) is 10.9. The average Bonchev–Trinajstić information content (AvgIpc) is 2.91. The fraction of sp³-hybridized carbons (Fsp3) is 0.667. The minimum absolute atomic E-state index is 0.0305. The SMILES string of the molecule is CC1=C[C@@H]2O[C@]23[C@H]1CC1=C(C)C(=O)O[C@H]1C[C@@]3(C)O. The van der Waals surface area contributed by atoms with E-state index in [0.29, 0.717) is 6.42 Å². The Kier molecular flexibility index (Phi) is 1.92. The van der Waals surface area contributed by atoms with Gasteiger partial charge in [0.15, 0.2) is 0 Å². The van der Waals surface area contributed by atoms with Crippen molar-refractivity contribution in [2.24, 2.45) is 5.92 Å². The maximum Gasteiger partial charge on any atom is 0.334 e. The number of carbonyl (C=O) groups is 1. The lowest BCUT2D eigenvalue weighted by molar-refractivity contribution is -0.142. The molecule has 1 saturated heterocycles. The van der Waals surface area contributed by atoms with Crippen LogP contribution < -0.4 is 0 Å². The second-order valence-electron chi connectivity index (χ2n) is 6.52. The van der Waals surface area contributed by atoms with Crippen LogP contribution in [0, 0.1) is 5.92 Å². The van der Waals surface area contributed by atoms with Gasteiger partial charge in [-0.15, -0.1) is 0 Å². The first-order chi connectivity index (χ1) is 8.87. The van der Waals surface area contributed by atoms with E-state index in [1.807, 2.05) is 13.8 Å². The summed E-state index contributed by atoms with van der Waals surface area (Å²) in [7, 11) is 0. The normalized spacial score (nSPS) is 51.1. The van der Waals surface area contributed by atoms with E-state index in [4.69, 9.17) is 9.47 Å². The highest BCUT2D eigenvalue weighted by atomic mass is 16.6. The Labute approximate surface area is 112 Å². The van der Waals surface area contributed by atoms with E-state index in [0.717, 1.165) is 17.6 Å². The molecule has 2 aliphatic heterocycles. The van der Waals surface area contributed by atoms with Crippen LogP contribution in [0.25, 0.3) is 0 Å². The summed E-state index contributed by atoms with van der Waals surface area (Å²) < 4.78 is 11.3. The number of rotatable bonds is 0. The topological polar surface area (TPSA) is 59.1 Å². The van der Waals surface area contributed by atoms with Gasteiger partial charge in [0.25, 0.3) is 0 Å². The molecule has 0 amide bonds. The van der Waals surface area contributed by atoms with Crippen LogP contribution in [0.1, 0.15) is 33.6 Å². The highest BCUT2D eigenvalue weighted by Crippen LogP contribution is 2.63. The van der Waals surface area contributed by atoms with Crippen molar-refractivity contribution in [3.05, 3.63) is 22.8 Å². The number of aliphatic hydroxyl groups is 1. The lowest BCUT2D eigenvalue weighted by atomic mass is 9.76. The lowest BCUT2D eigenvalue weighted by Gasteiger charge is -2.33. The summed E-state index contributed by atoms with van der Waals surface area (Å²) in [5.41, 5.74) is 1.58. The third-order valence-electron chi connectivity index (χ3n) is 5.44. The van der Waals surface area contributed by atoms with Crippen molar-refractivity contribution in [1.82, 2.24) is 0 Å². The summed E-state index contributed by atoms with van der Waals surface area (Å²) in [6.07, 6.45) is 3.06. The fourth-order valence-corrected chi connectivity index (χ4v) is 4.28. The summed E-state index contributed by atoms with van der Waals surface area (Å²) in [5.74, 6) is -0.0726. The molecule has 4 aliphatic rings. The van der Waals surface area contributed by atoms with Crippen LogP contribution in [0.5, 0.6) is 0 Å². The Morgan fingerprint density at radius 1 is 1.42 bits per heavy atom. The van der Waals surface area contributed by atoms with E-state index in [1.165, 1.54) is 5.57 Å². The first-order valence-corrected chi connectivity index (χ1v) is 6.86. The molecule has 1 spiro atoms. The van der Waals surface area contributed by atoms with Crippen molar-refractivity contribution in [2.75, 3.05) is 0 Å². The summed E-state index contributed by atoms with van der Waals surface area (Å²) in [6, 6.07) is 0. The number of hydrogen-bond donors (Lipinski definition) is 1. The van der Waals surface area contributed by atoms with Crippen molar-refractivity contribution >= 4 is 5.97 Å². The van der Waals surface area contributed by atoms with E-state index in [2.05, 4.69) is 13.0 Å². The molecule has 4 heteroatoms. The molecule has 0 radical (unpaired) electrons. The minimum atomic E-state index is -0.964. The van der Waals surface area contributed by atoms with Crippen LogP contribution in [-0.2, 0) is 14.3 Å². The van der Waals surface area contributed by atoms with Crippen LogP contribution in [-0.4, -0.2) is 34.5 Å². The van der Waals surface area contributed by atoms with Gasteiger partial charge in [0, 0.05) is 17.9 Å². The van der Waals surface area contributed by atoms with Gasteiger partial charge in [-0.2, -0.15) is 0 Å². The number of fused-ring (bicyclic) bond motifs is 1. The number of hydrogen-bond acceptors (Lipinski definition) is 4. The summed E-state index contributed by atoms with van der Waals surface area (Å²) >= 11 is 0. The van der Waals surface area contributed by atoms with Gasteiger partial charge in [-0.3, -0.25) is 0 Å². The molecule has 0 aromatic carbocycles. The van der Waals surface area contributed by atoms with E-state index in [1.54, 1.807) is 0 Å². The standard InChI is InChI=1S/C15H18O4/c1-7-4-12-15(19-12)10(7)5-9-8(2)13(16)18-11(9)6-14(15,3)17/h4,10-12,17H,5-6H2,1-3H3/t10-,11-,12-,14+,15+/m0/s1. The molecule has 2 heterocycles. The van der Waals surface area contributed by atoms with E-state index >= 15 is 0 Å². The molecule has 0 bridgehead atoms. The van der Waals surface area contributed by atoms with Gasteiger partial charge in [-0.05, 0) is 32.8 Å². The minimum Gasteiger partial charge on any atom is -0.454 e. The highest BCUT2D eigenvalue weighted by molar-refractivity contribution is 5.91. The Bertz CT molecular complexity index is 556. The third kappa shape index (κ3) is 1.20. The molecule has 5 atom stereocenters. The lowest BCUT2D eigenvalue weighted by Crippen LogP contribution is -2.48. The molecule has 0 aromatic rings. The zero-order valence-corrected chi connectivity index (χ0v) is 11.4. The van der Waals surface area contributed by atoms with Gasteiger partial charge in [-0.1, -0.05) is 11.6 Å². The Morgan fingerprint density at radius 3 is 2.89 bits per heavy atom. The molecule has 1 saturated carbocycles. The van der Waals surface area contributed by atoms with Gasteiger partial charge in [0.2, 0.25) is 0 Å². The van der Waals surface area contributed by atoms with Crippen molar-refractivity contribution in [2.45, 2.75) is 57.0 Å². The molecule has 4 nitrogen and oxygen atoms in total. The van der Waals surface area contributed by atoms with Crippen molar-refractivity contribution in [1.29, 1.82) is 0 Å². The molecule has 0 aromatic heterocycles. The van der Waals surface area contributed by atoms with Gasteiger partial charge in [-0.25, -0.2) is 4.79 Å². The molecule has 4 rings (SSSR count). The summed E-state index contributed by atoms with van der Waals surface area (Å²) in [6.45, 7) is 5.73. The quantitative estimate of drug-likeness (QED) is 0.408. The zero-order valence-electron chi connectivity index (χ0n) is 11.4. The van der Waals surface area contributed by atoms with Gasteiger partial charge < -0.3 is 14.6 Å². The molecule has 2 fully saturated rings.